The van der Waals surface area contributed by atoms with Gasteiger partial charge in [-0.15, -0.1) is 0 Å². The van der Waals surface area contributed by atoms with Gasteiger partial charge in [-0.1, -0.05) is 19.8 Å². The molecule has 100 valence electrons. The summed E-state index contributed by atoms with van der Waals surface area (Å²) in [6.07, 6.45) is 5.22. The minimum Gasteiger partial charge on any atom is -0.497 e. The first-order valence-electron chi connectivity index (χ1n) is 6.73. The summed E-state index contributed by atoms with van der Waals surface area (Å²) in [6.45, 7) is 2.32. The molecule has 0 saturated heterocycles. The fourth-order valence-corrected chi connectivity index (χ4v) is 2.66. The van der Waals surface area contributed by atoms with Gasteiger partial charge in [0.25, 0.3) is 0 Å². The minimum atomic E-state index is 0.541. The predicted molar refractivity (Wildman–Crippen MR) is 74.6 cm³/mol. The van der Waals surface area contributed by atoms with Crippen LogP contribution in [0.1, 0.15) is 32.6 Å². The molecule has 3 heteroatoms. The second-order valence-corrected chi connectivity index (χ2v) is 5.08. The minimum absolute atomic E-state index is 0.541. The zero-order chi connectivity index (χ0) is 13.0. The Bertz CT molecular complexity index is 392. The van der Waals surface area contributed by atoms with E-state index in [0.717, 1.165) is 23.1 Å². The lowest BCUT2D eigenvalue weighted by Crippen LogP contribution is -2.30. The molecule has 18 heavy (non-hydrogen) atoms. The van der Waals surface area contributed by atoms with Crippen LogP contribution in [-0.2, 0) is 0 Å². The van der Waals surface area contributed by atoms with Crippen molar-refractivity contribution in [3.05, 3.63) is 18.2 Å². The van der Waals surface area contributed by atoms with Crippen LogP contribution in [0, 0.1) is 5.92 Å². The zero-order valence-corrected chi connectivity index (χ0v) is 11.5. The Morgan fingerprint density at radius 2 is 1.89 bits per heavy atom. The van der Waals surface area contributed by atoms with E-state index < -0.39 is 0 Å². The summed E-state index contributed by atoms with van der Waals surface area (Å²) in [4.78, 5) is 0. The highest BCUT2D eigenvalue weighted by atomic mass is 16.5. The van der Waals surface area contributed by atoms with Gasteiger partial charge in [0.1, 0.15) is 11.5 Å². The number of hydrogen-bond donors (Lipinski definition) is 1. The number of rotatable bonds is 4. The fraction of sp³-hybridized carbons (Fsp3) is 0.600. The van der Waals surface area contributed by atoms with Crippen LogP contribution in [0.15, 0.2) is 18.2 Å². The van der Waals surface area contributed by atoms with Gasteiger partial charge in [-0.25, -0.2) is 0 Å². The lowest BCUT2D eigenvalue weighted by atomic mass is 9.86. The van der Waals surface area contributed by atoms with E-state index in [2.05, 4.69) is 12.2 Å². The van der Waals surface area contributed by atoms with Crippen molar-refractivity contribution in [2.45, 2.75) is 38.6 Å². The second-order valence-electron chi connectivity index (χ2n) is 5.08. The number of benzene rings is 1. The van der Waals surface area contributed by atoms with E-state index in [-0.39, 0.29) is 0 Å². The van der Waals surface area contributed by atoms with Crippen molar-refractivity contribution in [1.82, 2.24) is 0 Å². The van der Waals surface area contributed by atoms with E-state index in [9.17, 15) is 0 Å². The molecule has 0 amide bonds. The largest absolute Gasteiger partial charge is 0.497 e. The number of methoxy groups -OCH3 is 2. The molecule has 1 aliphatic carbocycles. The maximum atomic E-state index is 5.40. The van der Waals surface area contributed by atoms with Gasteiger partial charge in [0.15, 0.2) is 0 Å². The Hall–Kier alpha value is -1.38. The molecule has 0 radical (unpaired) electrons. The third kappa shape index (κ3) is 2.89. The lowest BCUT2D eigenvalue weighted by molar-refractivity contribution is 0.347. The van der Waals surface area contributed by atoms with Crippen molar-refractivity contribution < 1.29 is 9.47 Å². The summed E-state index contributed by atoms with van der Waals surface area (Å²) in [5, 5.41) is 3.62. The van der Waals surface area contributed by atoms with Gasteiger partial charge in [0, 0.05) is 12.1 Å². The first-order valence-corrected chi connectivity index (χ1v) is 6.73. The number of nitrogens with one attached hydrogen (secondary N) is 1. The van der Waals surface area contributed by atoms with Crippen molar-refractivity contribution >= 4 is 5.69 Å². The number of ether oxygens (including phenoxy) is 2. The first-order chi connectivity index (χ1) is 8.74. The second kappa shape index (κ2) is 5.98. The molecule has 2 atom stereocenters. The molecule has 1 saturated carbocycles. The molecule has 0 spiro atoms. The van der Waals surface area contributed by atoms with E-state index in [4.69, 9.17) is 9.47 Å². The molecule has 0 aliphatic heterocycles. The summed E-state index contributed by atoms with van der Waals surface area (Å²) in [6, 6.07) is 6.43. The van der Waals surface area contributed by atoms with Crippen LogP contribution in [0.25, 0.3) is 0 Å². The van der Waals surface area contributed by atoms with Gasteiger partial charge in [0.2, 0.25) is 0 Å². The summed E-state index contributed by atoms with van der Waals surface area (Å²) < 4.78 is 10.7. The normalized spacial score (nSPS) is 23.5. The zero-order valence-electron chi connectivity index (χ0n) is 11.5. The highest BCUT2D eigenvalue weighted by Crippen LogP contribution is 2.33. The van der Waals surface area contributed by atoms with Crippen molar-refractivity contribution in [1.29, 1.82) is 0 Å². The Morgan fingerprint density at radius 3 is 2.56 bits per heavy atom. The quantitative estimate of drug-likeness (QED) is 0.882. The summed E-state index contributed by atoms with van der Waals surface area (Å²) in [5.41, 5.74) is 1.04. The third-order valence-corrected chi connectivity index (χ3v) is 3.86. The van der Waals surface area contributed by atoms with Gasteiger partial charge >= 0.3 is 0 Å². The highest BCUT2D eigenvalue weighted by molar-refractivity contribution is 5.60. The van der Waals surface area contributed by atoms with E-state index >= 15 is 0 Å². The van der Waals surface area contributed by atoms with E-state index in [1.807, 2.05) is 18.2 Å². The predicted octanol–water partition coefficient (Wildman–Crippen LogP) is 3.69. The van der Waals surface area contributed by atoms with E-state index in [1.165, 1.54) is 25.7 Å². The molecule has 1 N–H and O–H groups in total. The molecule has 1 fully saturated rings. The summed E-state index contributed by atoms with van der Waals surface area (Å²) in [7, 11) is 3.39. The smallest absolute Gasteiger partial charge is 0.142 e. The molecule has 1 aromatic carbocycles. The van der Waals surface area contributed by atoms with E-state index in [1.54, 1.807) is 14.2 Å². The average Bonchev–Trinajstić information content (AvgIpc) is 2.41. The lowest BCUT2D eigenvalue weighted by Gasteiger charge is -2.31. The van der Waals surface area contributed by atoms with Gasteiger partial charge in [-0.3, -0.25) is 0 Å². The Balaban J connectivity index is 2.15. The molecule has 2 rings (SSSR count). The van der Waals surface area contributed by atoms with E-state index in [0.29, 0.717) is 6.04 Å². The molecule has 0 aromatic heterocycles. The molecule has 1 aliphatic rings. The average molecular weight is 249 g/mol. The number of anilines is 1. The van der Waals surface area contributed by atoms with Gasteiger partial charge in [0.05, 0.1) is 19.9 Å². The van der Waals surface area contributed by atoms with Crippen LogP contribution >= 0.6 is 0 Å². The van der Waals surface area contributed by atoms with Crippen LogP contribution in [0.5, 0.6) is 11.5 Å². The van der Waals surface area contributed by atoms with Crippen molar-refractivity contribution in [2.75, 3.05) is 19.5 Å². The number of hydrogen-bond acceptors (Lipinski definition) is 3. The molecule has 3 nitrogen and oxygen atoms in total. The van der Waals surface area contributed by atoms with Crippen LogP contribution in [0.3, 0.4) is 0 Å². The standard InChI is InChI=1S/C15H23NO2/c1-11-6-4-5-7-13(11)16-14-10-12(17-2)8-9-15(14)18-3/h8-11,13,16H,4-7H2,1-3H3. The summed E-state index contributed by atoms with van der Waals surface area (Å²) >= 11 is 0. The van der Waals surface area contributed by atoms with Gasteiger partial charge in [-0.2, -0.15) is 0 Å². The van der Waals surface area contributed by atoms with Crippen molar-refractivity contribution in [3.8, 4) is 11.5 Å². The molecule has 1 aromatic rings. The summed E-state index contributed by atoms with van der Waals surface area (Å²) in [5.74, 6) is 2.46. The topological polar surface area (TPSA) is 30.5 Å². The third-order valence-electron chi connectivity index (χ3n) is 3.86. The van der Waals surface area contributed by atoms with Gasteiger partial charge in [-0.05, 0) is 30.9 Å². The monoisotopic (exact) mass is 249 g/mol. The van der Waals surface area contributed by atoms with Crippen LogP contribution in [0.2, 0.25) is 0 Å². The van der Waals surface area contributed by atoms with Crippen molar-refractivity contribution in [3.63, 3.8) is 0 Å². The molecule has 2 unspecified atom stereocenters. The molecule has 0 heterocycles. The maximum absolute atomic E-state index is 5.40. The molecular weight excluding hydrogens is 226 g/mol. The maximum Gasteiger partial charge on any atom is 0.142 e. The van der Waals surface area contributed by atoms with Crippen LogP contribution in [0.4, 0.5) is 5.69 Å². The SMILES string of the molecule is COc1ccc(OC)c(NC2CCCCC2C)c1. The Labute approximate surface area is 109 Å². The van der Waals surface area contributed by atoms with Gasteiger partial charge < -0.3 is 14.8 Å². The van der Waals surface area contributed by atoms with Crippen molar-refractivity contribution in [2.24, 2.45) is 5.92 Å². The molecular formula is C15H23NO2. The Kier molecular flexibility index (Phi) is 4.34. The van der Waals surface area contributed by atoms with Crippen LogP contribution in [-0.4, -0.2) is 20.3 Å². The van der Waals surface area contributed by atoms with Crippen LogP contribution < -0.4 is 14.8 Å². The Morgan fingerprint density at radius 1 is 1.11 bits per heavy atom. The highest BCUT2D eigenvalue weighted by Gasteiger charge is 2.22. The molecule has 0 bridgehead atoms. The first kappa shape index (κ1) is 13.1. The fourth-order valence-electron chi connectivity index (χ4n) is 2.66.